The number of alkyl halides is 2. The van der Waals surface area contributed by atoms with Crippen molar-refractivity contribution in [1.29, 1.82) is 0 Å². The number of carbonyl (C=O) groups excluding carboxylic acids is 3. The molecule has 0 atom stereocenters. The van der Waals surface area contributed by atoms with Crippen LogP contribution in [0.15, 0.2) is 6.07 Å². The van der Waals surface area contributed by atoms with Crippen LogP contribution in [0.5, 0.6) is 0 Å². The van der Waals surface area contributed by atoms with Gasteiger partial charge in [-0.1, -0.05) is 0 Å². The average molecular weight is 429 g/mol. The van der Waals surface area contributed by atoms with Gasteiger partial charge in [0.05, 0.1) is 24.5 Å². The van der Waals surface area contributed by atoms with Gasteiger partial charge in [-0.15, -0.1) is 11.3 Å². The molecule has 0 aliphatic carbocycles. The number of amides is 1. The van der Waals surface area contributed by atoms with Crippen molar-refractivity contribution in [2.24, 2.45) is 0 Å². The Kier molecular flexibility index (Phi) is 7.43. The van der Waals surface area contributed by atoms with Crippen molar-refractivity contribution < 1.29 is 32.6 Å². The fraction of sp³-hybridized carbons (Fsp3) is 0.444. The zero-order valence-corrected chi connectivity index (χ0v) is 17.2. The molecule has 0 saturated heterocycles. The van der Waals surface area contributed by atoms with Crippen molar-refractivity contribution in [2.45, 2.75) is 40.7 Å². The fourth-order valence-electron chi connectivity index (χ4n) is 2.61. The van der Waals surface area contributed by atoms with Crippen LogP contribution < -0.4 is 5.32 Å². The smallest absolute Gasteiger partial charge is 0.348 e. The number of hydrogen-bond acceptors (Lipinski definition) is 7. The van der Waals surface area contributed by atoms with Crippen LogP contribution in [0.4, 0.5) is 13.8 Å². The second-order valence-electron chi connectivity index (χ2n) is 5.92. The van der Waals surface area contributed by atoms with E-state index in [1.807, 2.05) is 0 Å². The molecule has 1 amide bonds. The van der Waals surface area contributed by atoms with Gasteiger partial charge in [-0.25, -0.2) is 18.4 Å². The Bertz CT molecular complexity index is 923. The Morgan fingerprint density at radius 1 is 1.17 bits per heavy atom. The molecule has 0 aliphatic rings. The lowest BCUT2D eigenvalue weighted by atomic mass is 10.1. The first kappa shape index (κ1) is 22.5. The Morgan fingerprint density at radius 2 is 1.79 bits per heavy atom. The van der Waals surface area contributed by atoms with Gasteiger partial charge in [0.15, 0.2) is 0 Å². The van der Waals surface area contributed by atoms with Crippen molar-refractivity contribution >= 4 is 34.2 Å². The van der Waals surface area contributed by atoms with E-state index in [4.69, 9.17) is 9.47 Å². The topological polar surface area (TPSA) is 99.5 Å². The van der Waals surface area contributed by atoms with Gasteiger partial charge in [0.25, 0.3) is 6.43 Å². The van der Waals surface area contributed by atoms with E-state index in [1.165, 1.54) is 19.9 Å². The molecule has 2 heterocycles. The molecule has 0 aliphatic heterocycles. The second-order valence-corrected chi connectivity index (χ2v) is 6.94. The highest BCUT2D eigenvalue weighted by atomic mass is 32.1. The molecule has 0 fully saturated rings. The maximum absolute atomic E-state index is 13.1. The van der Waals surface area contributed by atoms with E-state index < -0.39 is 36.5 Å². The molecule has 2 aromatic heterocycles. The summed E-state index contributed by atoms with van der Waals surface area (Å²) in [6, 6.07) is 1.19. The van der Waals surface area contributed by atoms with E-state index in [0.717, 1.165) is 16.0 Å². The fourth-order valence-corrected chi connectivity index (χ4v) is 3.72. The number of esters is 2. The standard InChI is InChI=1S/C18H21F2N3O5S/c1-5-27-17(25)13-10(4)14(18(26)28-6-2)29-16(13)21-12(24)8-23-11(15(19)20)7-9(3)22-23/h7,15H,5-6,8H2,1-4H3,(H,21,24). The maximum Gasteiger partial charge on any atom is 0.348 e. The molecule has 8 nitrogen and oxygen atoms in total. The van der Waals surface area contributed by atoms with E-state index in [9.17, 15) is 23.2 Å². The number of nitrogens with zero attached hydrogens (tertiary/aromatic N) is 2. The Labute approximate surface area is 169 Å². The van der Waals surface area contributed by atoms with Crippen LogP contribution in [0, 0.1) is 13.8 Å². The number of halogens is 2. The molecule has 1 N–H and O–H groups in total. The quantitative estimate of drug-likeness (QED) is 0.645. The van der Waals surface area contributed by atoms with Crippen molar-refractivity contribution in [2.75, 3.05) is 18.5 Å². The van der Waals surface area contributed by atoms with Gasteiger partial charge in [-0.05, 0) is 39.3 Å². The second kappa shape index (κ2) is 9.59. The monoisotopic (exact) mass is 429 g/mol. The zero-order valence-electron chi connectivity index (χ0n) is 16.4. The van der Waals surface area contributed by atoms with Crippen LogP contribution in [0.2, 0.25) is 0 Å². The van der Waals surface area contributed by atoms with Gasteiger partial charge in [0, 0.05) is 0 Å². The summed E-state index contributed by atoms with van der Waals surface area (Å²) >= 11 is 0.858. The van der Waals surface area contributed by atoms with E-state index in [1.54, 1.807) is 13.8 Å². The number of nitrogens with one attached hydrogen (secondary N) is 1. The lowest BCUT2D eigenvalue weighted by Crippen LogP contribution is -2.22. The molecule has 0 aromatic carbocycles. The van der Waals surface area contributed by atoms with Crippen LogP contribution >= 0.6 is 11.3 Å². The highest BCUT2D eigenvalue weighted by Crippen LogP contribution is 2.34. The molecule has 0 spiro atoms. The molecule has 2 aromatic rings. The molecule has 29 heavy (non-hydrogen) atoms. The Balaban J connectivity index is 2.33. The van der Waals surface area contributed by atoms with Crippen LogP contribution in [0.25, 0.3) is 0 Å². The molecular formula is C18H21F2N3O5S. The van der Waals surface area contributed by atoms with E-state index in [-0.39, 0.29) is 28.7 Å². The molecule has 0 unspecified atom stereocenters. The maximum atomic E-state index is 13.1. The summed E-state index contributed by atoms with van der Waals surface area (Å²) in [4.78, 5) is 37.1. The summed E-state index contributed by atoms with van der Waals surface area (Å²) in [5, 5.41) is 6.47. The number of aryl methyl sites for hydroxylation is 1. The van der Waals surface area contributed by atoms with Gasteiger partial charge in [-0.2, -0.15) is 5.10 Å². The van der Waals surface area contributed by atoms with E-state index in [0.29, 0.717) is 11.3 Å². The van der Waals surface area contributed by atoms with Crippen molar-refractivity contribution in [3.05, 3.63) is 33.5 Å². The third kappa shape index (κ3) is 5.17. The van der Waals surface area contributed by atoms with Gasteiger partial charge in [0.2, 0.25) is 5.91 Å². The van der Waals surface area contributed by atoms with Crippen LogP contribution in [0.3, 0.4) is 0 Å². The number of carbonyl (C=O) groups is 3. The predicted octanol–water partition coefficient (Wildman–Crippen LogP) is 3.49. The van der Waals surface area contributed by atoms with Crippen molar-refractivity contribution in [3.63, 3.8) is 0 Å². The van der Waals surface area contributed by atoms with Crippen molar-refractivity contribution in [1.82, 2.24) is 9.78 Å². The van der Waals surface area contributed by atoms with E-state index in [2.05, 4.69) is 10.4 Å². The number of rotatable bonds is 8. The number of thiophene rings is 1. The Hall–Kier alpha value is -2.82. The summed E-state index contributed by atoms with van der Waals surface area (Å²) in [5.41, 5.74) is 0.291. The molecule has 158 valence electrons. The summed E-state index contributed by atoms with van der Waals surface area (Å²) in [6.45, 7) is 6.09. The summed E-state index contributed by atoms with van der Waals surface area (Å²) in [5.74, 6) is -2.03. The summed E-state index contributed by atoms with van der Waals surface area (Å²) in [7, 11) is 0. The number of ether oxygens (including phenoxy) is 2. The molecular weight excluding hydrogens is 408 g/mol. The van der Waals surface area contributed by atoms with Gasteiger partial charge < -0.3 is 14.8 Å². The van der Waals surface area contributed by atoms with Crippen molar-refractivity contribution in [3.8, 4) is 0 Å². The normalized spacial score (nSPS) is 10.9. The minimum Gasteiger partial charge on any atom is -0.462 e. The van der Waals surface area contributed by atoms with E-state index >= 15 is 0 Å². The predicted molar refractivity (Wildman–Crippen MR) is 102 cm³/mol. The molecule has 0 bridgehead atoms. The first-order valence-corrected chi connectivity index (χ1v) is 9.61. The largest absolute Gasteiger partial charge is 0.462 e. The number of aromatic nitrogens is 2. The highest BCUT2D eigenvalue weighted by Gasteiger charge is 2.27. The molecule has 2 rings (SSSR count). The van der Waals surface area contributed by atoms with Gasteiger partial charge >= 0.3 is 11.9 Å². The third-order valence-corrected chi connectivity index (χ3v) is 4.98. The van der Waals surface area contributed by atoms with Gasteiger partial charge in [0.1, 0.15) is 22.1 Å². The lowest BCUT2D eigenvalue weighted by molar-refractivity contribution is -0.117. The number of hydrogen-bond donors (Lipinski definition) is 1. The molecule has 0 radical (unpaired) electrons. The summed E-state index contributed by atoms with van der Waals surface area (Å²) in [6.07, 6.45) is -2.79. The average Bonchev–Trinajstić information content (AvgIpc) is 3.15. The molecule has 11 heteroatoms. The van der Waals surface area contributed by atoms with Crippen LogP contribution in [-0.4, -0.2) is 40.8 Å². The molecule has 0 saturated carbocycles. The third-order valence-electron chi connectivity index (χ3n) is 3.79. The first-order chi connectivity index (χ1) is 13.7. The highest BCUT2D eigenvalue weighted by molar-refractivity contribution is 7.18. The SMILES string of the molecule is CCOC(=O)c1sc(NC(=O)Cn2nc(C)cc2C(F)F)c(C(=O)OCC)c1C. The van der Waals surface area contributed by atoms with Crippen LogP contribution in [-0.2, 0) is 20.8 Å². The van der Waals surface area contributed by atoms with Gasteiger partial charge in [-0.3, -0.25) is 9.48 Å². The first-order valence-electron chi connectivity index (χ1n) is 8.79. The Morgan fingerprint density at radius 3 is 2.38 bits per heavy atom. The van der Waals surface area contributed by atoms with Crippen LogP contribution in [0.1, 0.15) is 57.3 Å². The zero-order chi connectivity index (χ0) is 21.7. The minimum absolute atomic E-state index is 0.0268. The lowest BCUT2D eigenvalue weighted by Gasteiger charge is -2.09. The number of anilines is 1. The summed E-state index contributed by atoms with van der Waals surface area (Å²) < 4.78 is 37.0. The minimum atomic E-state index is -2.79.